The van der Waals surface area contributed by atoms with E-state index in [1.54, 1.807) is 0 Å². The van der Waals surface area contributed by atoms with Gasteiger partial charge in [0.1, 0.15) is 11.9 Å². The number of carboxylic acids is 1. The Balaban J connectivity index is 2.08. The van der Waals surface area contributed by atoms with Crippen molar-refractivity contribution in [3.63, 3.8) is 0 Å². The molecule has 1 aliphatic rings. The molecule has 0 heterocycles. The van der Waals surface area contributed by atoms with Crippen LogP contribution in [-0.2, 0) is 19.1 Å². The Labute approximate surface area is 266 Å². The van der Waals surface area contributed by atoms with Crippen LogP contribution in [0, 0.1) is 11.8 Å². The number of ether oxygens (including phenoxy) is 1. The van der Waals surface area contributed by atoms with Gasteiger partial charge in [0.2, 0.25) is 0 Å². The average Bonchev–Trinajstić information content (AvgIpc) is 3.42. The number of carboxylic acid groups (broad SMARTS) is 1. The molecule has 0 aromatic rings. The van der Waals surface area contributed by atoms with E-state index >= 15 is 0 Å². The molecule has 1 rings (SSSR count). The Morgan fingerprint density at radius 3 is 1.19 bits per heavy atom. The Morgan fingerprint density at radius 1 is 0.488 bits per heavy atom. The minimum atomic E-state index is -0.932. The van der Waals surface area contributed by atoms with Crippen LogP contribution >= 0.6 is 0 Å². The van der Waals surface area contributed by atoms with Gasteiger partial charge in [-0.1, -0.05) is 168 Å². The molecule has 0 radical (unpaired) electrons. The number of ketones is 1. The fraction of sp³-hybridized carbons (Fsp3) is 0.921. The van der Waals surface area contributed by atoms with E-state index in [0.29, 0.717) is 19.3 Å². The second-order valence-electron chi connectivity index (χ2n) is 13.6. The predicted molar refractivity (Wildman–Crippen MR) is 179 cm³/mol. The van der Waals surface area contributed by atoms with Gasteiger partial charge in [-0.05, 0) is 25.7 Å². The van der Waals surface area contributed by atoms with Crippen LogP contribution in [0.15, 0.2) is 0 Å². The maximum atomic E-state index is 12.9. The number of esters is 1. The molecule has 0 bridgehead atoms. The summed E-state index contributed by atoms with van der Waals surface area (Å²) < 4.78 is 5.65. The number of hydrogen-bond donors (Lipinski definition) is 1. The average molecular weight is 607 g/mol. The lowest BCUT2D eigenvalue weighted by Crippen LogP contribution is -2.25. The molecule has 3 atom stereocenters. The Hall–Kier alpha value is -1.39. The third-order valence-corrected chi connectivity index (χ3v) is 9.56. The molecule has 0 aliphatic heterocycles. The summed E-state index contributed by atoms with van der Waals surface area (Å²) in [6.45, 7) is 4.52. The number of rotatable bonds is 31. The van der Waals surface area contributed by atoms with Gasteiger partial charge < -0.3 is 9.84 Å². The van der Waals surface area contributed by atoms with E-state index < -0.39 is 23.9 Å². The summed E-state index contributed by atoms with van der Waals surface area (Å²) in [6, 6.07) is 0. The summed E-state index contributed by atoms with van der Waals surface area (Å²) in [6.07, 6.45) is 33.8. The van der Waals surface area contributed by atoms with Crippen molar-refractivity contribution >= 4 is 17.7 Å². The molecule has 5 nitrogen and oxygen atoms in total. The van der Waals surface area contributed by atoms with Crippen molar-refractivity contribution in [3.05, 3.63) is 0 Å². The van der Waals surface area contributed by atoms with E-state index in [9.17, 15) is 19.5 Å². The molecular weight excluding hydrogens is 536 g/mol. The Bertz CT molecular complexity index is 690. The molecule has 0 aromatic heterocycles. The lowest BCUT2D eigenvalue weighted by molar-refractivity contribution is -0.150. The summed E-state index contributed by atoms with van der Waals surface area (Å²) >= 11 is 0. The van der Waals surface area contributed by atoms with Gasteiger partial charge in [-0.3, -0.25) is 14.4 Å². The highest BCUT2D eigenvalue weighted by molar-refractivity contribution is 5.87. The molecule has 1 saturated carbocycles. The number of aliphatic carboxylic acids is 1. The predicted octanol–water partition coefficient (Wildman–Crippen LogP) is 11.5. The van der Waals surface area contributed by atoms with Gasteiger partial charge in [-0.15, -0.1) is 0 Å². The Morgan fingerprint density at radius 2 is 0.814 bits per heavy atom. The smallest absolute Gasteiger partial charge is 0.307 e. The van der Waals surface area contributed by atoms with Crippen LogP contribution in [0.1, 0.15) is 206 Å². The van der Waals surface area contributed by atoms with Gasteiger partial charge in [-0.2, -0.15) is 0 Å². The van der Waals surface area contributed by atoms with Crippen LogP contribution in [-0.4, -0.2) is 28.9 Å². The third-order valence-electron chi connectivity index (χ3n) is 9.56. The normalized spacial score (nSPS) is 18.2. The van der Waals surface area contributed by atoms with Crippen molar-refractivity contribution < 1.29 is 24.2 Å². The van der Waals surface area contributed by atoms with Crippen molar-refractivity contribution in [1.29, 1.82) is 0 Å². The van der Waals surface area contributed by atoms with E-state index in [4.69, 9.17) is 4.74 Å². The maximum Gasteiger partial charge on any atom is 0.307 e. The van der Waals surface area contributed by atoms with Crippen LogP contribution in [0.3, 0.4) is 0 Å². The zero-order valence-corrected chi connectivity index (χ0v) is 28.5. The highest BCUT2D eigenvalue weighted by Gasteiger charge is 2.43. The van der Waals surface area contributed by atoms with E-state index in [0.717, 1.165) is 38.5 Å². The second kappa shape index (κ2) is 28.1. The molecule has 5 heteroatoms. The van der Waals surface area contributed by atoms with Crippen LogP contribution < -0.4 is 0 Å². The van der Waals surface area contributed by atoms with Crippen molar-refractivity contribution in [2.24, 2.45) is 11.8 Å². The largest absolute Gasteiger partial charge is 0.481 e. The number of carbonyl (C=O) groups excluding carboxylic acids is 2. The number of Topliss-reactive ketones (excluding diaryl/α,β-unsaturated/α-hetero) is 1. The number of unbranched alkanes of at least 4 members (excludes halogenated alkanes) is 24. The van der Waals surface area contributed by atoms with Gasteiger partial charge in [0, 0.05) is 18.8 Å². The molecule has 0 amide bonds. The lowest BCUT2D eigenvalue weighted by atomic mass is 9.89. The Kier molecular flexibility index (Phi) is 25.9. The van der Waals surface area contributed by atoms with Gasteiger partial charge in [-0.25, -0.2) is 0 Å². The first kappa shape index (κ1) is 39.6. The first-order chi connectivity index (χ1) is 21.0. The van der Waals surface area contributed by atoms with Gasteiger partial charge in [0.15, 0.2) is 0 Å². The number of hydrogen-bond acceptors (Lipinski definition) is 4. The monoisotopic (exact) mass is 607 g/mol. The van der Waals surface area contributed by atoms with Crippen molar-refractivity contribution in [3.8, 4) is 0 Å². The quantitative estimate of drug-likeness (QED) is 0.0627. The fourth-order valence-corrected chi connectivity index (χ4v) is 6.75. The zero-order chi connectivity index (χ0) is 31.4. The van der Waals surface area contributed by atoms with Gasteiger partial charge in [0.25, 0.3) is 0 Å². The summed E-state index contributed by atoms with van der Waals surface area (Å²) in [4.78, 5) is 37.2. The van der Waals surface area contributed by atoms with Crippen LogP contribution in [0.2, 0.25) is 0 Å². The first-order valence-electron chi connectivity index (χ1n) is 18.9. The number of carbonyl (C=O) groups is 3. The summed E-state index contributed by atoms with van der Waals surface area (Å²) in [5.74, 6) is -2.35. The summed E-state index contributed by atoms with van der Waals surface area (Å²) in [7, 11) is 0. The zero-order valence-electron chi connectivity index (χ0n) is 28.5. The minimum absolute atomic E-state index is 0.0468. The molecule has 1 N–H and O–H groups in total. The van der Waals surface area contributed by atoms with Gasteiger partial charge in [0.05, 0.1) is 5.92 Å². The molecular formula is C38H70O5. The van der Waals surface area contributed by atoms with E-state index in [1.807, 2.05) is 0 Å². The highest BCUT2D eigenvalue weighted by Crippen LogP contribution is 2.36. The minimum Gasteiger partial charge on any atom is -0.481 e. The highest BCUT2D eigenvalue weighted by atomic mass is 16.5. The summed E-state index contributed by atoms with van der Waals surface area (Å²) in [5, 5.41) is 9.71. The molecule has 0 aromatic carbocycles. The standard InChI is InChI=1S/C38H70O5/c1-3-5-7-9-11-13-15-17-19-21-23-25-27-29-36(39)34-31-33(32-35(34)38(41)42)43-37(40)30-28-26-24-22-20-18-16-14-12-10-8-6-4-2/h33-35H,3-32H2,1-2H3,(H,41,42)/t33-,34?,35?/m0/s1. The topological polar surface area (TPSA) is 80.7 Å². The molecule has 1 fully saturated rings. The third kappa shape index (κ3) is 21.9. The summed E-state index contributed by atoms with van der Waals surface area (Å²) in [5.41, 5.74) is 0. The molecule has 2 unspecified atom stereocenters. The van der Waals surface area contributed by atoms with E-state index in [2.05, 4.69) is 13.8 Å². The molecule has 0 spiro atoms. The molecule has 0 saturated heterocycles. The van der Waals surface area contributed by atoms with E-state index in [-0.39, 0.29) is 18.2 Å². The van der Waals surface area contributed by atoms with Crippen LogP contribution in [0.25, 0.3) is 0 Å². The lowest BCUT2D eigenvalue weighted by Gasteiger charge is -2.14. The molecule has 1 aliphatic carbocycles. The molecule has 43 heavy (non-hydrogen) atoms. The maximum absolute atomic E-state index is 12.9. The second-order valence-corrected chi connectivity index (χ2v) is 13.6. The van der Waals surface area contributed by atoms with Gasteiger partial charge >= 0.3 is 11.9 Å². The van der Waals surface area contributed by atoms with Crippen LogP contribution in [0.5, 0.6) is 0 Å². The van der Waals surface area contributed by atoms with Crippen LogP contribution in [0.4, 0.5) is 0 Å². The van der Waals surface area contributed by atoms with Crippen molar-refractivity contribution in [2.75, 3.05) is 0 Å². The fourth-order valence-electron chi connectivity index (χ4n) is 6.75. The molecule has 252 valence electrons. The van der Waals surface area contributed by atoms with E-state index in [1.165, 1.54) is 128 Å². The van der Waals surface area contributed by atoms with Crippen molar-refractivity contribution in [1.82, 2.24) is 0 Å². The first-order valence-corrected chi connectivity index (χ1v) is 18.9. The SMILES string of the molecule is CCCCCCCCCCCCCCCC(=O)O[C@@H]1CC(C(=O)O)C(C(=O)CCCCCCCCCCCCCCC)C1. The van der Waals surface area contributed by atoms with Crippen molar-refractivity contribution in [2.45, 2.75) is 213 Å².